The number of aliphatic imine (C=N–C) groups is 1. The third-order valence-corrected chi connectivity index (χ3v) is 5.99. The highest BCUT2D eigenvalue weighted by Crippen LogP contribution is 2.25. The predicted molar refractivity (Wildman–Crippen MR) is 135 cm³/mol. The van der Waals surface area contributed by atoms with Gasteiger partial charge >= 0.3 is 5.97 Å². The molecule has 0 radical (unpaired) electrons. The summed E-state index contributed by atoms with van der Waals surface area (Å²) >= 11 is 6.44. The Bertz CT molecular complexity index is 863. The minimum atomic E-state index is -0.938. The van der Waals surface area contributed by atoms with Crippen LogP contribution >= 0.6 is 11.6 Å². The summed E-state index contributed by atoms with van der Waals surface area (Å²) in [6, 6.07) is 2.78. The van der Waals surface area contributed by atoms with Gasteiger partial charge in [0.05, 0.1) is 17.3 Å². The zero-order valence-electron chi connectivity index (χ0n) is 20.1. The maximum absolute atomic E-state index is 10.9. The van der Waals surface area contributed by atoms with Gasteiger partial charge in [-0.05, 0) is 65.0 Å². The summed E-state index contributed by atoms with van der Waals surface area (Å²) in [5.74, 6) is -0.151. The van der Waals surface area contributed by atoms with E-state index in [1.54, 1.807) is 13.1 Å². The van der Waals surface area contributed by atoms with Crippen molar-refractivity contribution in [1.82, 2.24) is 10.3 Å². The van der Waals surface area contributed by atoms with E-state index in [4.69, 9.17) is 21.4 Å². The molecule has 0 unspecified atom stereocenters. The molecule has 1 fully saturated rings. The van der Waals surface area contributed by atoms with Crippen LogP contribution in [0.25, 0.3) is 0 Å². The van der Waals surface area contributed by atoms with Gasteiger partial charge in [0, 0.05) is 35.6 Å². The first-order chi connectivity index (χ1) is 15.7. The second-order valence-corrected chi connectivity index (χ2v) is 8.95. The van der Waals surface area contributed by atoms with Crippen LogP contribution in [0.4, 0.5) is 5.82 Å². The fourth-order valence-corrected chi connectivity index (χ4v) is 3.93. The Morgan fingerprint density at radius 2 is 2.03 bits per heavy atom. The van der Waals surface area contributed by atoms with Crippen LogP contribution in [0.3, 0.4) is 0 Å². The molecule has 0 aromatic carbocycles. The number of anilines is 1. The van der Waals surface area contributed by atoms with Gasteiger partial charge in [0.2, 0.25) is 0 Å². The molecule has 8 heteroatoms. The smallest absolute Gasteiger partial charge is 0.332 e. The van der Waals surface area contributed by atoms with Crippen LogP contribution < -0.4 is 10.6 Å². The van der Waals surface area contributed by atoms with Crippen LogP contribution in [0, 0.1) is 0 Å². The predicted octanol–water partition coefficient (Wildman–Crippen LogP) is 5.21. The molecule has 0 amide bonds. The Kier molecular flexibility index (Phi) is 11.0. The van der Waals surface area contributed by atoms with Crippen molar-refractivity contribution in [3.63, 3.8) is 0 Å². The molecule has 2 atom stereocenters. The monoisotopic (exact) mass is 476 g/mol. The molecule has 1 aromatic heterocycles. The van der Waals surface area contributed by atoms with Crippen LogP contribution in [0.2, 0.25) is 5.02 Å². The molecular formula is C25H37ClN4O3. The van der Waals surface area contributed by atoms with E-state index < -0.39 is 12.1 Å². The van der Waals surface area contributed by atoms with Gasteiger partial charge in [-0.15, -0.1) is 0 Å². The third-order valence-electron chi connectivity index (χ3n) is 5.69. The number of hydrogen-bond donors (Lipinski definition) is 3. The minimum absolute atomic E-state index is 0.101. The maximum atomic E-state index is 10.9. The zero-order chi connectivity index (χ0) is 24.4. The number of hydrogen-bond acceptors (Lipinski definition) is 6. The van der Waals surface area contributed by atoms with Crippen molar-refractivity contribution in [2.45, 2.75) is 84.0 Å². The summed E-state index contributed by atoms with van der Waals surface area (Å²) in [5, 5.41) is 16.6. The average Bonchev–Trinajstić information content (AvgIpc) is 2.79. The average molecular weight is 477 g/mol. The molecule has 182 valence electrons. The lowest BCUT2D eigenvalue weighted by molar-refractivity contribution is -0.149. The summed E-state index contributed by atoms with van der Waals surface area (Å²) in [6.45, 7) is 11.9. The second-order valence-electron chi connectivity index (χ2n) is 8.54. The quantitative estimate of drug-likeness (QED) is 0.358. The van der Waals surface area contributed by atoms with E-state index >= 15 is 0 Å². The zero-order valence-corrected chi connectivity index (χ0v) is 20.9. The van der Waals surface area contributed by atoms with Gasteiger partial charge < -0.3 is 20.5 Å². The Morgan fingerprint density at radius 1 is 1.36 bits per heavy atom. The van der Waals surface area contributed by atoms with Crippen LogP contribution in [-0.4, -0.2) is 52.6 Å². The van der Waals surface area contributed by atoms with Crippen LogP contribution in [0.15, 0.2) is 41.7 Å². The maximum Gasteiger partial charge on any atom is 0.332 e. The number of rotatable bonds is 12. The largest absolute Gasteiger partial charge is 0.479 e. The summed E-state index contributed by atoms with van der Waals surface area (Å²) < 4.78 is 5.38. The molecule has 2 rings (SSSR count). The van der Waals surface area contributed by atoms with Crippen molar-refractivity contribution in [2.24, 2.45) is 4.99 Å². The van der Waals surface area contributed by atoms with Crippen molar-refractivity contribution in [1.29, 1.82) is 0 Å². The van der Waals surface area contributed by atoms with Gasteiger partial charge in [0.1, 0.15) is 5.82 Å². The fourth-order valence-electron chi connectivity index (χ4n) is 3.73. The molecule has 0 saturated heterocycles. The molecular weight excluding hydrogens is 440 g/mol. The molecule has 1 aliphatic carbocycles. The molecule has 1 saturated carbocycles. The number of allylic oxidation sites excluding steroid dienone is 3. The molecule has 0 spiro atoms. The molecule has 33 heavy (non-hydrogen) atoms. The van der Waals surface area contributed by atoms with Gasteiger partial charge in [-0.25, -0.2) is 9.78 Å². The van der Waals surface area contributed by atoms with E-state index in [2.05, 4.69) is 27.2 Å². The normalized spacial score (nSPS) is 21.1. The Hall–Kier alpha value is -2.22. The topological polar surface area (TPSA) is 95.8 Å². The Morgan fingerprint density at radius 3 is 2.64 bits per heavy atom. The third kappa shape index (κ3) is 8.91. The van der Waals surface area contributed by atoms with Crippen molar-refractivity contribution in [3.8, 4) is 0 Å². The van der Waals surface area contributed by atoms with E-state index in [0.717, 1.165) is 54.9 Å². The van der Waals surface area contributed by atoms with E-state index in [1.165, 1.54) is 0 Å². The molecule has 1 aliphatic rings. The number of carbonyl (C=O) groups is 1. The minimum Gasteiger partial charge on any atom is -0.479 e. The molecule has 1 heterocycles. The standard InChI is InChI=1S/C25H37ClN4O3/c1-6-8-23(29-16(3)7-2)21-13-24(27-14-22(21)26)30-20-11-9-19(10-12-20)28-17(4)15-33-18(5)25(31)32/h6,8,13-14,17-20,28H,3,7,9-12,15H2,1-2,4-5H3,(H,27,30)(H,31,32)/b8-6-,29-23+/t17-,18-,19-,20-/m0/s1. The fraction of sp³-hybridized carbons (Fsp3) is 0.560. The number of carboxylic acids is 1. The highest BCUT2D eigenvalue weighted by Gasteiger charge is 2.23. The Balaban J connectivity index is 1.92. The van der Waals surface area contributed by atoms with Crippen LogP contribution in [0.1, 0.15) is 65.4 Å². The summed E-state index contributed by atoms with van der Waals surface area (Å²) in [4.78, 5) is 20.0. The molecule has 0 aliphatic heterocycles. The lowest BCUT2D eigenvalue weighted by atomic mass is 9.90. The molecule has 3 N–H and O–H groups in total. The van der Waals surface area contributed by atoms with Gasteiger partial charge in [-0.3, -0.25) is 4.99 Å². The summed E-state index contributed by atoms with van der Waals surface area (Å²) in [7, 11) is 0. The highest BCUT2D eigenvalue weighted by atomic mass is 35.5. The molecule has 0 bridgehead atoms. The summed E-state index contributed by atoms with van der Waals surface area (Å²) in [6.07, 6.45) is 9.60. The Labute approximate surface area is 202 Å². The molecule has 1 aromatic rings. The first kappa shape index (κ1) is 27.0. The van der Waals surface area contributed by atoms with Crippen molar-refractivity contribution >= 4 is 29.1 Å². The van der Waals surface area contributed by atoms with Crippen LogP contribution in [-0.2, 0) is 9.53 Å². The second kappa shape index (κ2) is 13.5. The van der Waals surface area contributed by atoms with Gasteiger partial charge in [-0.2, -0.15) is 0 Å². The first-order valence-corrected chi connectivity index (χ1v) is 12.0. The first-order valence-electron chi connectivity index (χ1n) is 11.7. The number of aromatic nitrogens is 1. The van der Waals surface area contributed by atoms with E-state index in [9.17, 15) is 4.79 Å². The highest BCUT2D eigenvalue weighted by molar-refractivity contribution is 6.35. The molecule has 7 nitrogen and oxygen atoms in total. The van der Waals surface area contributed by atoms with E-state index in [1.807, 2.05) is 39.0 Å². The lowest BCUT2D eigenvalue weighted by Gasteiger charge is -2.32. The van der Waals surface area contributed by atoms with Crippen molar-refractivity contribution in [3.05, 3.63) is 47.3 Å². The van der Waals surface area contributed by atoms with Gasteiger partial charge in [0.25, 0.3) is 0 Å². The number of carboxylic acid groups (broad SMARTS) is 1. The van der Waals surface area contributed by atoms with Crippen molar-refractivity contribution in [2.75, 3.05) is 11.9 Å². The number of ether oxygens (including phenoxy) is 1. The number of halogens is 1. The van der Waals surface area contributed by atoms with Gasteiger partial charge in [-0.1, -0.05) is 31.2 Å². The number of nitrogens with zero attached hydrogens (tertiary/aromatic N) is 2. The van der Waals surface area contributed by atoms with E-state index in [-0.39, 0.29) is 6.04 Å². The SMILES string of the molecule is C=C(CC)/N=C(\C=C/C)c1cc(N[C@H]2CC[C@H](N[C@@H](C)CO[C@@H](C)C(=O)O)CC2)ncc1Cl. The number of pyridine rings is 1. The number of aliphatic carboxylic acids is 1. The van der Waals surface area contributed by atoms with Crippen molar-refractivity contribution < 1.29 is 14.6 Å². The van der Waals surface area contributed by atoms with Crippen LogP contribution in [0.5, 0.6) is 0 Å². The summed E-state index contributed by atoms with van der Waals surface area (Å²) in [5.41, 5.74) is 2.41. The van der Waals surface area contributed by atoms with E-state index in [0.29, 0.717) is 23.7 Å². The number of nitrogens with one attached hydrogen (secondary N) is 2. The van der Waals surface area contributed by atoms with Gasteiger partial charge in [0.15, 0.2) is 6.10 Å². The lowest BCUT2D eigenvalue weighted by Crippen LogP contribution is -2.43.